The molecule has 0 heterocycles. The van der Waals surface area contributed by atoms with Crippen LogP contribution in [0.2, 0.25) is 0 Å². The number of carbonyl (C=O) groups excluding carboxylic acids is 1. The molecule has 0 spiro atoms. The Bertz CT molecular complexity index is 505. The summed E-state index contributed by atoms with van der Waals surface area (Å²) in [5, 5.41) is 0. The van der Waals surface area contributed by atoms with Gasteiger partial charge in [0.2, 0.25) is 0 Å². The highest BCUT2D eigenvalue weighted by molar-refractivity contribution is 5.75. The molecule has 0 aliphatic heterocycles. The first-order valence-electron chi connectivity index (χ1n) is 6.75. The number of alkyl halides is 3. The van der Waals surface area contributed by atoms with E-state index < -0.39 is 30.8 Å². The maximum atomic E-state index is 12.3. The summed E-state index contributed by atoms with van der Waals surface area (Å²) >= 11 is 0. The summed E-state index contributed by atoms with van der Waals surface area (Å²) in [5.41, 5.74) is 0.707. The summed E-state index contributed by atoms with van der Waals surface area (Å²) in [7, 11) is 2.75. The number of methoxy groups -OCH3 is 1. The molecule has 124 valence electrons. The largest absolute Gasteiger partial charge is 0.497 e. The van der Waals surface area contributed by atoms with Gasteiger partial charge in [-0.2, -0.15) is 13.2 Å². The van der Waals surface area contributed by atoms with Crippen molar-refractivity contribution in [3.63, 3.8) is 0 Å². The Kier molecular flexibility index (Phi) is 6.22. The number of halogens is 3. The summed E-state index contributed by atoms with van der Waals surface area (Å²) in [4.78, 5) is 12.8. The Hall–Kier alpha value is -1.76. The summed E-state index contributed by atoms with van der Waals surface area (Å²) < 4.78 is 47.3. The average molecular weight is 319 g/mol. The van der Waals surface area contributed by atoms with E-state index in [0.29, 0.717) is 11.3 Å². The molecule has 0 saturated carbocycles. The highest BCUT2D eigenvalue weighted by atomic mass is 19.4. The lowest BCUT2D eigenvalue weighted by Crippen LogP contribution is -2.42. The van der Waals surface area contributed by atoms with E-state index in [1.54, 1.807) is 31.2 Å². The second-order valence-corrected chi connectivity index (χ2v) is 5.06. The van der Waals surface area contributed by atoms with Crippen molar-refractivity contribution in [2.24, 2.45) is 0 Å². The van der Waals surface area contributed by atoms with Crippen LogP contribution < -0.4 is 4.74 Å². The fourth-order valence-electron chi connectivity index (χ4n) is 1.83. The van der Waals surface area contributed by atoms with Crippen molar-refractivity contribution in [2.75, 3.05) is 20.7 Å². The van der Waals surface area contributed by atoms with Crippen molar-refractivity contribution in [1.82, 2.24) is 4.90 Å². The van der Waals surface area contributed by atoms with Gasteiger partial charge in [-0.05, 0) is 38.6 Å². The van der Waals surface area contributed by atoms with Crippen molar-refractivity contribution >= 4 is 5.97 Å². The first-order valence-corrected chi connectivity index (χ1v) is 6.75. The van der Waals surface area contributed by atoms with Crippen LogP contribution in [0.15, 0.2) is 24.3 Å². The predicted molar refractivity (Wildman–Crippen MR) is 75.6 cm³/mol. The molecule has 0 aromatic heterocycles. The van der Waals surface area contributed by atoms with Gasteiger partial charge in [-0.1, -0.05) is 12.1 Å². The van der Waals surface area contributed by atoms with E-state index in [0.717, 1.165) is 4.90 Å². The van der Waals surface area contributed by atoms with E-state index in [1.165, 1.54) is 21.1 Å². The highest BCUT2D eigenvalue weighted by Gasteiger charge is 2.33. The zero-order valence-corrected chi connectivity index (χ0v) is 13.0. The summed E-state index contributed by atoms with van der Waals surface area (Å²) in [6.07, 6.45) is -4.94. The Balaban J connectivity index is 2.66. The molecule has 0 fully saturated rings. The van der Waals surface area contributed by atoms with Crippen LogP contribution in [-0.4, -0.2) is 43.8 Å². The van der Waals surface area contributed by atoms with E-state index in [2.05, 4.69) is 0 Å². The van der Waals surface area contributed by atoms with Crippen LogP contribution in [0, 0.1) is 0 Å². The number of benzene rings is 1. The molecular weight excluding hydrogens is 299 g/mol. The second-order valence-electron chi connectivity index (χ2n) is 5.06. The number of nitrogens with zero attached hydrogens (tertiary/aromatic N) is 1. The second kappa shape index (κ2) is 7.49. The lowest BCUT2D eigenvalue weighted by Gasteiger charge is -2.25. The van der Waals surface area contributed by atoms with Crippen molar-refractivity contribution < 1.29 is 27.4 Å². The minimum Gasteiger partial charge on any atom is -0.497 e. The summed E-state index contributed by atoms with van der Waals surface area (Å²) in [6, 6.07) is 5.97. The Morgan fingerprint density at radius 1 is 1.32 bits per heavy atom. The van der Waals surface area contributed by atoms with Crippen LogP contribution in [0.3, 0.4) is 0 Å². The van der Waals surface area contributed by atoms with Gasteiger partial charge in [-0.3, -0.25) is 9.69 Å². The maximum absolute atomic E-state index is 12.3. The standard InChI is InChI=1S/C15H20F3NO3/c1-10(19(3)9-15(16,17)18)14(20)22-11(2)12-6-5-7-13(8-12)21-4/h5-8,10-11H,9H2,1-4H3. The first kappa shape index (κ1) is 18.3. The number of hydrogen-bond donors (Lipinski definition) is 0. The quantitative estimate of drug-likeness (QED) is 0.755. The van der Waals surface area contributed by atoms with Crippen LogP contribution >= 0.6 is 0 Å². The Morgan fingerprint density at radius 2 is 1.95 bits per heavy atom. The summed E-state index contributed by atoms with van der Waals surface area (Å²) in [5.74, 6) is -0.0929. The smallest absolute Gasteiger partial charge is 0.401 e. The number of esters is 1. The van der Waals surface area contributed by atoms with Gasteiger partial charge in [0.1, 0.15) is 17.9 Å². The zero-order valence-electron chi connectivity index (χ0n) is 13.0. The third-order valence-electron chi connectivity index (χ3n) is 3.29. The fourth-order valence-corrected chi connectivity index (χ4v) is 1.83. The minimum atomic E-state index is -4.36. The number of hydrogen-bond acceptors (Lipinski definition) is 4. The lowest BCUT2D eigenvalue weighted by molar-refractivity contribution is -0.164. The van der Waals surface area contributed by atoms with Gasteiger partial charge in [0, 0.05) is 0 Å². The van der Waals surface area contributed by atoms with Crippen LogP contribution in [-0.2, 0) is 9.53 Å². The normalized spacial score (nSPS) is 14.5. The van der Waals surface area contributed by atoms with E-state index in [4.69, 9.17) is 9.47 Å². The van der Waals surface area contributed by atoms with Crippen molar-refractivity contribution in [2.45, 2.75) is 32.2 Å². The van der Waals surface area contributed by atoms with Crippen molar-refractivity contribution in [3.05, 3.63) is 29.8 Å². The maximum Gasteiger partial charge on any atom is 0.401 e. The molecule has 22 heavy (non-hydrogen) atoms. The van der Waals surface area contributed by atoms with Gasteiger partial charge in [0.25, 0.3) is 0 Å². The highest BCUT2D eigenvalue weighted by Crippen LogP contribution is 2.23. The topological polar surface area (TPSA) is 38.8 Å². The number of likely N-dealkylation sites (N-methyl/N-ethyl adjacent to an activating group) is 1. The molecular formula is C15H20F3NO3. The van der Waals surface area contributed by atoms with Crippen LogP contribution in [0.25, 0.3) is 0 Å². The van der Waals surface area contributed by atoms with E-state index in [1.807, 2.05) is 0 Å². The molecule has 4 nitrogen and oxygen atoms in total. The molecule has 0 N–H and O–H groups in total. The molecule has 0 amide bonds. The molecule has 1 aromatic rings. The number of rotatable bonds is 6. The van der Waals surface area contributed by atoms with Crippen LogP contribution in [0.5, 0.6) is 5.75 Å². The molecule has 2 atom stereocenters. The van der Waals surface area contributed by atoms with E-state index >= 15 is 0 Å². The molecule has 0 radical (unpaired) electrons. The van der Waals surface area contributed by atoms with Gasteiger partial charge >= 0.3 is 12.1 Å². The monoisotopic (exact) mass is 319 g/mol. The van der Waals surface area contributed by atoms with Crippen LogP contribution in [0.1, 0.15) is 25.5 Å². The Morgan fingerprint density at radius 3 is 2.50 bits per heavy atom. The molecule has 2 unspecified atom stereocenters. The number of carbonyl (C=O) groups is 1. The molecule has 0 saturated heterocycles. The Labute approximate surface area is 127 Å². The van der Waals surface area contributed by atoms with Gasteiger partial charge < -0.3 is 9.47 Å². The molecule has 0 aliphatic carbocycles. The van der Waals surface area contributed by atoms with Crippen molar-refractivity contribution in [3.8, 4) is 5.75 Å². The van der Waals surface area contributed by atoms with Gasteiger partial charge in [0.15, 0.2) is 0 Å². The molecule has 0 bridgehead atoms. The zero-order chi connectivity index (χ0) is 16.9. The van der Waals surface area contributed by atoms with Crippen molar-refractivity contribution in [1.29, 1.82) is 0 Å². The fraction of sp³-hybridized carbons (Fsp3) is 0.533. The van der Waals surface area contributed by atoms with Gasteiger partial charge in [-0.25, -0.2) is 0 Å². The third-order valence-corrected chi connectivity index (χ3v) is 3.29. The summed E-state index contributed by atoms with van der Waals surface area (Å²) in [6.45, 7) is 1.87. The van der Waals surface area contributed by atoms with Gasteiger partial charge in [0.05, 0.1) is 13.7 Å². The first-order chi connectivity index (χ1) is 10.1. The minimum absolute atomic E-state index is 0.579. The number of ether oxygens (including phenoxy) is 2. The van der Waals surface area contributed by atoms with Gasteiger partial charge in [-0.15, -0.1) is 0 Å². The third kappa shape index (κ3) is 5.55. The van der Waals surface area contributed by atoms with E-state index in [-0.39, 0.29) is 0 Å². The molecule has 7 heteroatoms. The van der Waals surface area contributed by atoms with E-state index in [9.17, 15) is 18.0 Å². The predicted octanol–water partition coefficient (Wildman–Crippen LogP) is 3.18. The van der Waals surface area contributed by atoms with Crippen LogP contribution in [0.4, 0.5) is 13.2 Å². The lowest BCUT2D eigenvalue weighted by atomic mass is 10.1. The average Bonchev–Trinajstić information content (AvgIpc) is 2.44. The molecule has 1 aromatic carbocycles. The molecule has 0 aliphatic rings. The molecule has 1 rings (SSSR count). The SMILES string of the molecule is COc1cccc(C(C)OC(=O)C(C)N(C)CC(F)(F)F)c1.